The van der Waals surface area contributed by atoms with E-state index >= 15 is 4.79 Å². The predicted molar refractivity (Wildman–Crippen MR) is 368 cm³/mol. The van der Waals surface area contributed by atoms with Gasteiger partial charge in [-0.05, 0) is 81.1 Å². The van der Waals surface area contributed by atoms with Gasteiger partial charge in [0.05, 0.1) is 36.2 Å². The van der Waals surface area contributed by atoms with Crippen LogP contribution in [0.3, 0.4) is 0 Å². The number of primary amides is 1. The van der Waals surface area contributed by atoms with E-state index in [1.165, 1.54) is 39.4 Å². The van der Waals surface area contributed by atoms with Crippen LogP contribution in [0.15, 0.2) is 93.6 Å². The number of benzene rings is 2. The molecule has 97 heavy (non-hydrogen) atoms. The summed E-state index contributed by atoms with van der Waals surface area (Å²) in [5.74, 6) is -5.00. The molecule has 31 heteroatoms. The van der Waals surface area contributed by atoms with E-state index in [4.69, 9.17) is 35.4 Å². The van der Waals surface area contributed by atoms with E-state index in [0.717, 1.165) is 53.6 Å². The van der Waals surface area contributed by atoms with Gasteiger partial charge in [-0.3, -0.25) is 33.6 Å². The van der Waals surface area contributed by atoms with Gasteiger partial charge < -0.3 is 56.9 Å². The maximum absolute atomic E-state index is 15.5. The first-order chi connectivity index (χ1) is 46.8. The van der Waals surface area contributed by atoms with Crippen molar-refractivity contribution in [1.29, 1.82) is 0 Å². The van der Waals surface area contributed by atoms with Crippen LogP contribution >= 0.6 is 68.0 Å². The highest BCUT2D eigenvalue weighted by atomic mass is 32.1. The quantitative estimate of drug-likeness (QED) is 0.0448. The first-order valence-corrected chi connectivity index (χ1v) is 36.7. The first-order valence-electron chi connectivity index (χ1n) is 31.5. The zero-order valence-electron chi connectivity index (χ0n) is 52.9. The molecule has 0 radical (unpaired) electrons. The highest BCUT2D eigenvalue weighted by molar-refractivity contribution is 7.15. The van der Waals surface area contributed by atoms with Crippen molar-refractivity contribution in [1.82, 2.24) is 66.0 Å². The molecule has 1 saturated carbocycles. The number of nitrogens with one attached hydrogen (secondary N) is 4. The number of thiazole rings is 6. The third-order valence-corrected chi connectivity index (χ3v) is 22.9. The minimum absolute atomic E-state index is 0.0151. The molecule has 3 aliphatic rings. The van der Waals surface area contributed by atoms with Crippen molar-refractivity contribution in [2.75, 3.05) is 32.8 Å². The fraction of sp³-hybridized carbons (Fsp3) is 0.364. The Balaban J connectivity index is 0.920. The number of carboxylic acids is 1. The lowest BCUT2D eigenvalue weighted by atomic mass is 9.86. The van der Waals surface area contributed by atoms with Crippen LogP contribution in [0.5, 0.6) is 5.75 Å². The fourth-order valence-electron chi connectivity index (χ4n) is 12.0. The van der Waals surface area contributed by atoms with Gasteiger partial charge in [-0.2, -0.15) is 0 Å². The Hall–Kier alpha value is -8.66. The predicted octanol–water partition coefficient (Wildman–Crippen LogP) is 8.68. The summed E-state index contributed by atoms with van der Waals surface area (Å²) in [6, 6.07) is 14.8. The molecule has 25 nitrogen and oxygen atoms in total. The van der Waals surface area contributed by atoms with Gasteiger partial charge in [0, 0.05) is 68.8 Å². The number of carboxylic acid groups (broad SMARTS) is 1. The second-order valence-electron chi connectivity index (χ2n) is 23.8. The average molecular weight is 1430 g/mol. The molecular weight excluding hydrogens is 1360 g/mol. The van der Waals surface area contributed by atoms with Crippen LogP contribution in [0.1, 0.15) is 150 Å². The summed E-state index contributed by atoms with van der Waals surface area (Å²) in [6.45, 7) is 10.6. The van der Waals surface area contributed by atoms with Gasteiger partial charge in [0.25, 0.3) is 23.6 Å². The van der Waals surface area contributed by atoms with E-state index in [2.05, 4.69) is 50.0 Å². The molecule has 1 aliphatic carbocycles. The van der Waals surface area contributed by atoms with Crippen LogP contribution in [0.2, 0.25) is 0 Å². The van der Waals surface area contributed by atoms with Crippen molar-refractivity contribution >= 4 is 109 Å². The Morgan fingerprint density at radius 3 is 2.08 bits per heavy atom. The Bertz CT molecular complexity index is 4370. The summed E-state index contributed by atoms with van der Waals surface area (Å²) < 4.78 is 6.09. The number of amides is 6. The number of likely N-dealkylation sites (N-methyl/N-ethyl adjacent to an activating group) is 1. The van der Waals surface area contributed by atoms with Gasteiger partial charge in [0.1, 0.15) is 100 Å². The highest BCUT2D eigenvalue weighted by Gasteiger charge is 2.46. The minimum atomic E-state index is -1.41. The van der Waals surface area contributed by atoms with E-state index < -0.39 is 96.0 Å². The van der Waals surface area contributed by atoms with Gasteiger partial charge in [0.2, 0.25) is 11.8 Å². The molecule has 1 saturated heterocycles. The summed E-state index contributed by atoms with van der Waals surface area (Å²) >= 11 is 6.97. The third-order valence-electron chi connectivity index (χ3n) is 17.4. The summed E-state index contributed by atoms with van der Waals surface area (Å²) in [7, 11) is 0. The minimum Gasteiger partial charge on any atom is -0.492 e. The van der Waals surface area contributed by atoms with Gasteiger partial charge >= 0.3 is 5.97 Å². The van der Waals surface area contributed by atoms with E-state index in [9.17, 15) is 44.1 Å². The SMILES string of the molecule is CCN(CC)CCOc1ccc(C[C@@H]2NC(=O)c3csc(n3)[C@H]([C@H](O)c3ccccc3)NC(=O)c3nc(sc3C)[C@H](CC(N)=O)NC(=O)c3csc(n3)-c3ccc(-c4nc(C(=O)NC5CCC(C(=O)O)CC5)cs4)nc3-c3csc(n3)-c3csc(n3)[C@@H]3[C@@H](C)[C@@H](O)CN3C2=O)cc1. The molecule has 7 aromatic heterocycles. The largest absolute Gasteiger partial charge is 0.492 e. The molecule has 0 unspecified atom stereocenters. The molecule has 6 amide bonds. The van der Waals surface area contributed by atoms with Crippen molar-refractivity contribution in [3.8, 4) is 49.1 Å². The molecule has 10 bridgehead atoms. The molecule has 504 valence electrons. The number of nitrogens with zero attached hydrogens (tertiary/aromatic N) is 9. The maximum Gasteiger partial charge on any atom is 0.306 e. The van der Waals surface area contributed by atoms with Crippen LogP contribution in [-0.4, -0.2) is 152 Å². The Kier molecular flexibility index (Phi) is 21.1. The topological polar surface area (TPSA) is 360 Å². The number of aromatic nitrogens is 7. The van der Waals surface area contributed by atoms with Gasteiger partial charge in [-0.15, -0.1) is 68.0 Å². The Morgan fingerprint density at radius 2 is 1.35 bits per heavy atom. The zero-order chi connectivity index (χ0) is 68.2. The molecule has 9 N–H and O–H groups in total. The highest BCUT2D eigenvalue weighted by Crippen LogP contribution is 2.43. The number of aliphatic hydroxyl groups excluding tert-OH is 2. The van der Waals surface area contributed by atoms with E-state index in [-0.39, 0.29) is 51.8 Å². The molecular formula is C66H68N14O11S6. The van der Waals surface area contributed by atoms with E-state index in [1.807, 2.05) is 36.6 Å². The number of rotatable bonds is 16. The summed E-state index contributed by atoms with van der Waals surface area (Å²) in [4.78, 5) is 135. The number of hydrogen-bond acceptors (Lipinski definition) is 24. The number of pyridine rings is 1. The molecule has 7 atom stereocenters. The van der Waals surface area contributed by atoms with Gasteiger partial charge in [-0.25, -0.2) is 34.9 Å². The van der Waals surface area contributed by atoms with E-state index in [0.29, 0.717) is 102 Å². The molecule has 2 aliphatic heterocycles. The second kappa shape index (κ2) is 30.0. The van der Waals surface area contributed by atoms with Crippen molar-refractivity contribution in [2.24, 2.45) is 17.6 Å². The fourth-order valence-corrected chi connectivity index (χ4v) is 17.3. The van der Waals surface area contributed by atoms with Gasteiger partial charge in [0.15, 0.2) is 0 Å². The number of fused-ring (bicyclic) bond motifs is 16. The smallest absolute Gasteiger partial charge is 0.306 e. The van der Waals surface area contributed by atoms with Crippen LogP contribution in [0.4, 0.5) is 0 Å². The van der Waals surface area contributed by atoms with E-state index in [1.54, 1.807) is 70.4 Å². The van der Waals surface area contributed by atoms with Crippen molar-refractivity contribution in [3.05, 3.63) is 147 Å². The number of carbonyl (C=O) groups is 7. The number of aliphatic hydroxyl groups is 2. The number of ether oxygens (including phenoxy) is 1. The molecule has 9 heterocycles. The van der Waals surface area contributed by atoms with Crippen LogP contribution in [0.25, 0.3) is 43.4 Å². The number of hydrogen-bond donors (Lipinski definition) is 8. The van der Waals surface area contributed by atoms with Crippen molar-refractivity contribution in [2.45, 2.75) is 109 Å². The number of aryl methyl sites for hydroxylation is 1. The summed E-state index contributed by atoms with van der Waals surface area (Å²) in [5, 5.41) is 55.4. The Labute approximate surface area is 580 Å². The Morgan fingerprint density at radius 1 is 0.701 bits per heavy atom. The lowest BCUT2D eigenvalue weighted by molar-refractivity contribution is -0.143. The third kappa shape index (κ3) is 15.4. The van der Waals surface area contributed by atoms with Crippen molar-refractivity contribution < 1.29 is 53.6 Å². The molecule has 2 aromatic carbocycles. The van der Waals surface area contributed by atoms with Crippen molar-refractivity contribution in [3.63, 3.8) is 0 Å². The molecule has 9 aromatic rings. The van der Waals surface area contributed by atoms with Crippen LogP contribution < -0.4 is 31.7 Å². The summed E-state index contributed by atoms with van der Waals surface area (Å²) in [5.41, 5.74) is 8.94. The standard InChI is InChI=1S/C66H68N14O11S6/c1-5-79(6-2)22-23-91-38-18-12-34(13-19-38)24-42-65(88)80-26-48(81)32(3)53(80)64-76-47(31-96-64)61-72-43(27-93-61)51-39(20-21-40(69-51)60-74-44(29-94-60)55(84)68-37-16-14-36(15-17-37)66(89)90)59-73-45(28-92-59)56(85)70-41(25-49(67)82)62-78-50(33(4)97-62)58(87)77-52(54(83)35-10-8-7-9-11-35)63-75-46(30-95-63)57(86)71-42/h7-13,18-21,27-32,36-37,41-42,48,52-54,81,83H,5-6,14-17,22-26H2,1-4H3,(H2,67,82)(H,68,84)(H,70,85)(H,71,86)(H,77,87)(H,89,90)/t32-,36?,37?,41-,42-,48-,52-,53-,54+/m0/s1. The molecule has 12 rings (SSSR count). The van der Waals surface area contributed by atoms with Gasteiger partial charge in [-0.1, -0.05) is 63.2 Å². The zero-order valence-corrected chi connectivity index (χ0v) is 57.8. The average Bonchev–Trinajstić information content (AvgIpc) is 1.72. The first kappa shape index (κ1) is 68.3. The normalized spacial score (nSPS) is 21.1. The van der Waals surface area contributed by atoms with Crippen LogP contribution in [-0.2, 0) is 20.8 Å². The lowest BCUT2D eigenvalue weighted by Crippen LogP contribution is -2.50. The maximum atomic E-state index is 15.5. The monoisotopic (exact) mass is 1420 g/mol. The molecule has 2 fully saturated rings. The lowest BCUT2D eigenvalue weighted by Gasteiger charge is -2.29. The summed E-state index contributed by atoms with van der Waals surface area (Å²) in [6.07, 6.45) is -0.821. The van der Waals surface area contributed by atoms with Crippen LogP contribution in [0, 0.1) is 18.8 Å². The number of aliphatic carboxylic acids is 1. The second-order valence-corrected chi connectivity index (χ2v) is 29.4. The number of nitrogens with two attached hydrogens (primary N) is 1. The number of carbonyl (C=O) groups excluding carboxylic acids is 6. The molecule has 0 spiro atoms.